The predicted molar refractivity (Wildman–Crippen MR) is 111 cm³/mol. The minimum absolute atomic E-state index is 0. The van der Waals surface area contributed by atoms with Crippen molar-refractivity contribution < 1.29 is 4.74 Å². The van der Waals surface area contributed by atoms with Crippen molar-refractivity contribution in [3.05, 3.63) is 35.4 Å². The number of benzene rings is 1. The summed E-state index contributed by atoms with van der Waals surface area (Å²) in [7, 11) is 1.68. The van der Waals surface area contributed by atoms with E-state index >= 15 is 0 Å². The van der Waals surface area contributed by atoms with Crippen molar-refractivity contribution in [2.45, 2.75) is 45.3 Å². The first-order valence-corrected chi connectivity index (χ1v) is 8.53. The van der Waals surface area contributed by atoms with E-state index in [0.717, 1.165) is 6.54 Å². The smallest absolute Gasteiger partial charge is 0.189 e. The molecule has 6 heteroatoms. The summed E-state index contributed by atoms with van der Waals surface area (Å²) in [5.41, 5.74) is 8.43. The van der Waals surface area contributed by atoms with Crippen LogP contribution < -0.4 is 11.1 Å². The molecule has 3 N–H and O–H groups in total. The highest BCUT2D eigenvalue weighted by Crippen LogP contribution is 2.13. The summed E-state index contributed by atoms with van der Waals surface area (Å²) in [6, 6.07) is 8.87. The number of nitrogens with one attached hydrogen (secondary N) is 1. The molecule has 0 bridgehead atoms. The largest absolute Gasteiger partial charge is 0.383 e. The highest BCUT2D eigenvalue weighted by atomic mass is 127. The Morgan fingerprint density at radius 2 is 1.83 bits per heavy atom. The Morgan fingerprint density at radius 1 is 1.21 bits per heavy atom. The summed E-state index contributed by atoms with van der Waals surface area (Å²) in [4.78, 5) is 6.92. The average molecular weight is 446 g/mol. The van der Waals surface area contributed by atoms with Crippen molar-refractivity contribution in [3.63, 3.8) is 0 Å². The second-order valence-electron chi connectivity index (χ2n) is 6.36. The van der Waals surface area contributed by atoms with E-state index in [1.807, 2.05) is 6.92 Å². The lowest BCUT2D eigenvalue weighted by molar-refractivity contribution is 0.179. The monoisotopic (exact) mass is 446 g/mol. The minimum atomic E-state index is 0. The van der Waals surface area contributed by atoms with E-state index < -0.39 is 0 Å². The van der Waals surface area contributed by atoms with E-state index in [0.29, 0.717) is 19.1 Å². The van der Waals surface area contributed by atoms with Crippen LogP contribution in [-0.2, 0) is 17.8 Å². The van der Waals surface area contributed by atoms with Gasteiger partial charge in [-0.05, 0) is 44.0 Å². The number of halogens is 1. The fourth-order valence-electron chi connectivity index (χ4n) is 2.89. The molecular formula is C18H31IN4O. The van der Waals surface area contributed by atoms with Gasteiger partial charge in [-0.1, -0.05) is 30.7 Å². The van der Waals surface area contributed by atoms with E-state index in [4.69, 9.17) is 10.5 Å². The lowest BCUT2D eigenvalue weighted by Gasteiger charge is -2.26. The molecule has 24 heavy (non-hydrogen) atoms. The number of aliphatic imine (C=N–C) groups is 1. The molecule has 0 amide bonds. The molecule has 1 aromatic carbocycles. The zero-order valence-electron chi connectivity index (χ0n) is 14.8. The number of nitrogens with two attached hydrogens (primary N) is 1. The van der Waals surface area contributed by atoms with Crippen LogP contribution in [0.2, 0.25) is 0 Å². The van der Waals surface area contributed by atoms with Crippen LogP contribution in [0.1, 0.15) is 37.3 Å². The Kier molecular flexibility index (Phi) is 10.3. The summed E-state index contributed by atoms with van der Waals surface area (Å²) in [6.07, 6.45) is 4.05. The number of hydrogen-bond acceptors (Lipinski definition) is 3. The highest BCUT2D eigenvalue weighted by Gasteiger charge is 2.10. The van der Waals surface area contributed by atoms with Crippen LogP contribution >= 0.6 is 24.0 Å². The Hall–Kier alpha value is -0.860. The van der Waals surface area contributed by atoms with Crippen LogP contribution in [0.3, 0.4) is 0 Å². The van der Waals surface area contributed by atoms with Crippen molar-refractivity contribution in [1.82, 2.24) is 10.2 Å². The van der Waals surface area contributed by atoms with Crippen LogP contribution in [0.5, 0.6) is 0 Å². The van der Waals surface area contributed by atoms with Gasteiger partial charge in [0.1, 0.15) is 0 Å². The minimum Gasteiger partial charge on any atom is -0.383 e. The van der Waals surface area contributed by atoms with Crippen LogP contribution in [-0.4, -0.2) is 43.7 Å². The molecule has 1 atom stereocenters. The normalized spacial score (nSPS) is 17.2. The number of nitrogens with zero attached hydrogens (tertiary/aromatic N) is 2. The number of piperidine rings is 1. The summed E-state index contributed by atoms with van der Waals surface area (Å²) in [6.45, 7) is 6.74. The summed E-state index contributed by atoms with van der Waals surface area (Å²) >= 11 is 0. The van der Waals surface area contributed by atoms with Crippen molar-refractivity contribution in [1.29, 1.82) is 0 Å². The van der Waals surface area contributed by atoms with Gasteiger partial charge in [0.25, 0.3) is 0 Å². The Morgan fingerprint density at radius 3 is 2.46 bits per heavy atom. The second kappa shape index (κ2) is 11.7. The van der Waals surface area contributed by atoms with Gasteiger partial charge in [0.2, 0.25) is 0 Å². The van der Waals surface area contributed by atoms with Crippen molar-refractivity contribution in [2.75, 3.05) is 26.8 Å². The first kappa shape index (κ1) is 21.2. The number of hydrogen-bond donors (Lipinski definition) is 2. The van der Waals surface area contributed by atoms with E-state index in [-0.39, 0.29) is 30.0 Å². The molecule has 0 saturated carbocycles. The Balaban J connectivity index is 0.00000288. The molecule has 5 nitrogen and oxygen atoms in total. The van der Waals surface area contributed by atoms with Crippen molar-refractivity contribution in [2.24, 2.45) is 10.7 Å². The highest BCUT2D eigenvalue weighted by molar-refractivity contribution is 14.0. The second-order valence-corrected chi connectivity index (χ2v) is 6.36. The zero-order chi connectivity index (χ0) is 16.5. The first-order valence-electron chi connectivity index (χ1n) is 8.53. The molecule has 1 fully saturated rings. The molecule has 1 aliphatic rings. The lowest BCUT2D eigenvalue weighted by Crippen LogP contribution is -2.40. The molecule has 1 saturated heterocycles. The van der Waals surface area contributed by atoms with Gasteiger partial charge in [0, 0.05) is 19.7 Å². The first-order chi connectivity index (χ1) is 11.2. The van der Waals surface area contributed by atoms with Gasteiger partial charge in [0.15, 0.2) is 5.96 Å². The van der Waals surface area contributed by atoms with E-state index in [1.165, 1.54) is 43.5 Å². The Bertz CT molecular complexity index is 486. The maximum atomic E-state index is 5.88. The van der Waals surface area contributed by atoms with Gasteiger partial charge in [-0.15, -0.1) is 24.0 Å². The van der Waals surface area contributed by atoms with Crippen LogP contribution in [0.15, 0.2) is 29.3 Å². The molecule has 0 radical (unpaired) electrons. The molecule has 1 aromatic rings. The quantitative estimate of drug-likeness (QED) is 0.384. The zero-order valence-corrected chi connectivity index (χ0v) is 17.2. The Labute approximate surface area is 163 Å². The topological polar surface area (TPSA) is 62.9 Å². The van der Waals surface area contributed by atoms with Crippen molar-refractivity contribution in [3.8, 4) is 0 Å². The molecule has 0 spiro atoms. The van der Waals surface area contributed by atoms with E-state index in [1.54, 1.807) is 7.11 Å². The number of rotatable bonds is 7. The average Bonchev–Trinajstić information content (AvgIpc) is 2.55. The number of likely N-dealkylation sites (tertiary alicyclic amines) is 1. The molecule has 1 aliphatic heterocycles. The fraction of sp³-hybridized carbons (Fsp3) is 0.611. The van der Waals surface area contributed by atoms with Crippen LogP contribution in [0.25, 0.3) is 0 Å². The van der Waals surface area contributed by atoms with Gasteiger partial charge in [-0.25, -0.2) is 4.99 Å². The summed E-state index contributed by atoms with van der Waals surface area (Å²) in [5.74, 6) is 0.465. The maximum Gasteiger partial charge on any atom is 0.189 e. The SMILES string of the molecule is COCC(C)NC(N)=NCc1ccc(CN2CCCCC2)cc1.I. The van der Waals surface area contributed by atoms with E-state index in [9.17, 15) is 0 Å². The van der Waals surface area contributed by atoms with Crippen LogP contribution in [0.4, 0.5) is 0 Å². The molecule has 136 valence electrons. The number of methoxy groups -OCH3 is 1. The molecule has 0 aliphatic carbocycles. The fourth-order valence-corrected chi connectivity index (χ4v) is 2.89. The predicted octanol–water partition coefficient (Wildman–Crippen LogP) is 2.73. The third kappa shape index (κ3) is 7.81. The van der Waals surface area contributed by atoms with Gasteiger partial charge in [-0.3, -0.25) is 4.90 Å². The number of ether oxygens (including phenoxy) is 1. The third-order valence-electron chi connectivity index (χ3n) is 4.12. The summed E-state index contributed by atoms with van der Waals surface area (Å²) in [5, 5.41) is 3.11. The van der Waals surface area contributed by atoms with Gasteiger partial charge >= 0.3 is 0 Å². The molecule has 2 rings (SSSR count). The van der Waals surface area contributed by atoms with Gasteiger partial charge in [-0.2, -0.15) is 0 Å². The van der Waals surface area contributed by atoms with Crippen molar-refractivity contribution >= 4 is 29.9 Å². The third-order valence-corrected chi connectivity index (χ3v) is 4.12. The van der Waals surface area contributed by atoms with Gasteiger partial charge in [0.05, 0.1) is 13.2 Å². The number of guanidine groups is 1. The molecule has 1 heterocycles. The molecular weight excluding hydrogens is 415 g/mol. The van der Waals surface area contributed by atoms with E-state index in [2.05, 4.69) is 39.5 Å². The standard InChI is InChI=1S/C18H30N4O.HI/c1-15(14-23-2)21-18(19)20-12-16-6-8-17(9-7-16)13-22-10-4-3-5-11-22;/h6-9,15H,3-5,10-14H2,1-2H3,(H3,19,20,21);1H. The van der Waals surface area contributed by atoms with Gasteiger partial charge < -0.3 is 15.8 Å². The molecule has 1 unspecified atom stereocenters. The summed E-state index contributed by atoms with van der Waals surface area (Å²) < 4.78 is 5.07. The van der Waals surface area contributed by atoms with Crippen LogP contribution in [0, 0.1) is 0 Å². The molecule has 0 aromatic heterocycles. The lowest BCUT2D eigenvalue weighted by atomic mass is 10.1. The maximum absolute atomic E-state index is 5.88.